The van der Waals surface area contributed by atoms with Crippen LogP contribution in [0.5, 0.6) is 0 Å². The summed E-state index contributed by atoms with van der Waals surface area (Å²) in [4.78, 5) is 5.20. The lowest BCUT2D eigenvalue weighted by Crippen LogP contribution is -2.36. The molecule has 0 rings (SSSR count). The molecule has 0 spiro atoms. The first kappa shape index (κ1) is 13.6. The fourth-order valence-electron chi connectivity index (χ4n) is 1.19. The SMILES string of the molecule is C=CCC(NOCC)[C@H](C)COCC. The number of rotatable bonds is 9. The maximum atomic E-state index is 5.37. The van der Waals surface area contributed by atoms with Crippen LogP contribution in [-0.4, -0.2) is 25.9 Å². The van der Waals surface area contributed by atoms with Crippen molar-refractivity contribution in [3.8, 4) is 0 Å². The van der Waals surface area contributed by atoms with Crippen molar-refractivity contribution in [2.75, 3.05) is 19.8 Å². The number of nitrogens with one attached hydrogen (secondary N) is 1. The van der Waals surface area contributed by atoms with Crippen molar-refractivity contribution >= 4 is 0 Å². The quantitative estimate of drug-likeness (QED) is 0.458. The zero-order chi connectivity index (χ0) is 10.8. The second kappa shape index (κ2) is 9.19. The molecular weight excluding hydrogens is 178 g/mol. The predicted octanol–water partition coefficient (Wildman–Crippen LogP) is 2.14. The van der Waals surface area contributed by atoms with Gasteiger partial charge in [0.15, 0.2) is 0 Å². The molecule has 84 valence electrons. The van der Waals surface area contributed by atoms with E-state index in [9.17, 15) is 0 Å². The number of hydroxylamine groups is 1. The van der Waals surface area contributed by atoms with Gasteiger partial charge in [-0.15, -0.1) is 6.58 Å². The smallest absolute Gasteiger partial charge is 0.0654 e. The van der Waals surface area contributed by atoms with Gasteiger partial charge in [0.25, 0.3) is 0 Å². The van der Waals surface area contributed by atoms with E-state index in [2.05, 4.69) is 19.0 Å². The van der Waals surface area contributed by atoms with Crippen LogP contribution in [-0.2, 0) is 9.57 Å². The third-order valence-corrected chi connectivity index (χ3v) is 2.07. The Hall–Kier alpha value is -0.380. The molecule has 0 amide bonds. The molecule has 1 unspecified atom stereocenters. The molecule has 0 aliphatic heterocycles. The summed E-state index contributed by atoms with van der Waals surface area (Å²) in [6, 6.07) is 0.291. The van der Waals surface area contributed by atoms with E-state index in [-0.39, 0.29) is 0 Å². The molecule has 0 heterocycles. The van der Waals surface area contributed by atoms with Gasteiger partial charge < -0.3 is 9.57 Å². The van der Waals surface area contributed by atoms with Crippen LogP contribution in [0.1, 0.15) is 27.2 Å². The van der Waals surface area contributed by atoms with Crippen LogP contribution in [0.4, 0.5) is 0 Å². The summed E-state index contributed by atoms with van der Waals surface area (Å²) in [6.07, 6.45) is 2.80. The first-order chi connectivity index (χ1) is 6.76. The van der Waals surface area contributed by atoms with Gasteiger partial charge in [-0.05, 0) is 26.2 Å². The van der Waals surface area contributed by atoms with E-state index >= 15 is 0 Å². The molecule has 0 radical (unpaired) electrons. The number of hydrogen-bond acceptors (Lipinski definition) is 3. The third kappa shape index (κ3) is 6.13. The Bertz CT molecular complexity index is 139. The van der Waals surface area contributed by atoms with Crippen LogP contribution in [0.2, 0.25) is 0 Å². The summed E-state index contributed by atoms with van der Waals surface area (Å²) in [7, 11) is 0. The summed E-state index contributed by atoms with van der Waals surface area (Å²) in [5.74, 6) is 0.430. The second-order valence-corrected chi connectivity index (χ2v) is 3.32. The molecule has 0 fully saturated rings. The van der Waals surface area contributed by atoms with Crippen molar-refractivity contribution in [3.63, 3.8) is 0 Å². The summed E-state index contributed by atoms with van der Waals surface area (Å²) < 4.78 is 5.37. The zero-order valence-electron chi connectivity index (χ0n) is 9.58. The largest absolute Gasteiger partial charge is 0.381 e. The van der Waals surface area contributed by atoms with Gasteiger partial charge in [-0.2, -0.15) is 5.48 Å². The van der Waals surface area contributed by atoms with Crippen LogP contribution in [0.3, 0.4) is 0 Å². The molecule has 0 bridgehead atoms. The molecule has 0 aromatic heterocycles. The van der Waals surface area contributed by atoms with Crippen LogP contribution in [0.25, 0.3) is 0 Å². The third-order valence-electron chi connectivity index (χ3n) is 2.07. The lowest BCUT2D eigenvalue weighted by molar-refractivity contribution is -0.00402. The van der Waals surface area contributed by atoms with Gasteiger partial charge in [0, 0.05) is 12.6 Å². The van der Waals surface area contributed by atoms with Crippen molar-refractivity contribution in [1.82, 2.24) is 5.48 Å². The minimum Gasteiger partial charge on any atom is -0.381 e. The second-order valence-electron chi connectivity index (χ2n) is 3.32. The Balaban J connectivity index is 3.83. The van der Waals surface area contributed by atoms with E-state index < -0.39 is 0 Å². The van der Waals surface area contributed by atoms with Crippen LogP contribution >= 0.6 is 0 Å². The molecule has 2 atom stereocenters. The molecule has 14 heavy (non-hydrogen) atoms. The number of ether oxygens (including phenoxy) is 1. The minimum atomic E-state index is 0.291. The van der Waals surface area contributed by atoms with Crippen molar-refractivity contribution in [2.45, 2.75) is 33.2 Å². The fraction of sp³-hybridized carbons (Fsp3) is 0.818. The molecular formula is C11H23NO2. The Kier molecular flexibility index (Phi) is 8.94. The fourth-order valence-corrected chi connectivity index (χ4v) is 1.19. The Labute approximate surface area is 87.4 Å². The van der Waals surface area contributed by atoms with Gasteiger partial charge in [0.1, 0.15) is 0 Å². The molecule has 3 nitrogen and oxygen atoms in total. The van der Waals surface area contributed by atoms with Gasteiger partial charge in [-0.1, -0.05) is 13.0 Å². The summed E-state index contributed by atoms with van der Waals surface area (Å²) in [5.41, 5.74) is 3.03. The average Bonchev–Trinajstić information content (AvgIpc) is 2.20. The monoisotopic (exact) mass is 201 g/mol. The van der Waals surface area contributed by atoms with Crippen molar-refractivity contribution in [2.24, 2.45) is 5.92 Å². The van der Waals surface area contributed by atoms with Gasteiger partial charge in [-0.25, -0.2) is 0 Å². The minimum absolute atomic E-state index is 0.291. The summed E-state index contributed by atoms with van der Waals surface area (Å²) >= 11 is 0. The van der Waals surface area contributed by atoms with E-state index in [1.165, 1.54) is 0 Å². The maximum Gasteiger partial charge on any atom is 0.0654 e. The normalized spacial score (nSPS) is 15.1. The first-order valence-electron chi connectivity index (χ1n) is 5.32. The molecule has 3 heteroatoms. The highest BCUT2D eigenvalue weighted by Crippen LogP contribution is 2.08. The lowest BCUT2D eigenvalue weighted by Gasteiger charge is -2.23. The highest BCUT2D eigenvalue weighted by molar-refractivity contribution is 4.79. The van der Waals surface area contributed by atoms with Gasteiger partial charge in [0.05, 0.1) is 13.2 Å². The topological polar surface area (TPSA) is 30.5 Å². The van der Waals surface area contributed by atoms with Gasteiger partial charge >= 0.3 is 0 Å². The molecule has 0 aliphatic carbocycles. The molecule has 0 aliphatic rings. The lowest BCUT2D eigenvalue weighted by atomic mass is 10.0. The maximum absolute atomic E-state index is 5.37. The summed E-state index contributed by atoms with van der Waals surface area (Å²) in [5, 5.41) is 0. The van der Waals surface area contributed by atoms with E-state index in [0.29, 0.717) is 18.6 Å². The van der Waals surface area contributed by atoms with Crippen molar-refractivity contribution < 1.29 is 9.57 Å². The Morgan fingerprint density at radius 1 is 1.36 bits per heavy atom. The van der Waals surface area contributed by atoms with E-state index in [1.54, 1.807) is 0 Å². The van der Waals surface area contributed by atoms with E-state index in [1.807, 2.05) is 19.9 Å². The van der Waals surface area contributed by atoms with Crippen LogP contribution < -0.4 is 5.48 Å². The van der Waals surface area contributed by atoms with Crippen LogP contribution in [0, 0.1) is 5.92 Å². The molecule has 0 aromatic rings. The first-order valence-corrected chi connectivity index (χ1v) is 5.32. The van der Waals surface area contributed by atoms with Crippen LogP contribution in [0.15, 0.2) is 12.7 Å². The van der Waals surface area contributed by atoms with E-state index in [4.69, 9.17) is 9.57 Å². The van der Waals surface area contributed by atoms with E-state index in [0.717, 1.165) is 19.6 Å². The van der Waals surface area contributed by atoms with Gasteiger partial charge in [0.2, 0.25) is 0 Å². The average molecular weight is 201 g/mol. The molecule has 0 saturated carbocycles. The predicted molar refractivity (Wildman–Crippen MR) is 59.0 cm³/mol. The molecule has 1 N–H and O–H groups in total. The Morgan fingerprint density at radius 3 is 2.57 bits per heavy atom. The highest BCUT2D eigenvalue weighted by atomic mass is 16.6. The van der Waals surface area contributed by atoms with Gasteiger partial charge in [-0.3, -0.25) is 0 Å². The molecule has 0 aromatic carbocycles. The Morgan fingerprint density at radius 2 is 2.07 bits per heavy atom. The standard InChI is InChI=1S/C11H23NO2/c1-5-8-11(12-14-7-3)10(4)9-13-6-2/h5,10-12H,1,6-9H2,2-4H3/t10-,11?/m1/s1. The van der Waals surface area contributed by atoms with Crippen molar-refractivity contribution in [3.05, 3.63) is 12.7 Å². The summed E-state index contributed by atoms with van der Waals surface area (Å²) in [6.45, 7) is 12.1. The zero-order valence-corrected chi connectivity index (χ0v) is 9.58. The number of hydrogen-bond donors (Lipinski definition) is 1. The highest BCUT2D eigenvalue weighted by Gasteiger charge is 2.15. The molecule has 0 saturated heterocycles. The van der Waals surface area contributed by atoms with Crippen molar-refractivity contribution in [1.29, 1.82) is 0 Å².